The van der Waals surface area contributed by atoms with Crippen LogP contribution < -0.4 is 5.32 Å². The number of hydrogen-bond acceptors (Lipinski definition) is 3. The minimum absolute atomic E-state index is 0.0537. The van der Waals surface area contributed by atoms with Crippen molar-refractivity contribution in [3.63, 3.8) is 0 Å². The smallest absolute Gasteiger partial charge is 0.308 e. The number of nitrogens with one attached hydrogen (secondary N) is 1. The summed E-state index contributed by atoms with van der Waals surface area (Å²) < 4.78 is 28.1. The summed E-state index contributed by atoms with van der Waals surface area (Å²) in [5, 5.41) is 2.88. The standard InChI is InChI=1S/C21H27N3O3S/c1-16(2)20-23(21(25)22-18-8-5-4-6-9-18)14-7-15-24(20)28(26,27)19-12-10-17(3)11-13-19/h4-6,8-13,16,20H,7,14-15H2,1-3H3,(H,22,25)/t20-/m1/s1. The molecule has 3 rings (SSSR count). The van der Waals surface area contributed by atoms with Crippen LogP contribution in [0.4, 0.5) is 10.5 Å². The molecule has 0 radical (unpaired) electrons. The Kier molecular flexibility index (Phi) is 6.05. The minimum Gasteiger partial charge on any atom is -0.308 e. The number of anilines is 1. The van der Waals surface area contributed by atoms with Gasteiger partial charge in [-0.15, -0.1) is 0 Å². The van der Waals surface area contributed by atoms with Gasteiger partial charge in [0.05, 0.1) is 4.90 Å². The summed E-state index contributed by atoms with van der Waals surface area (Å²) in [5.41, 5.74) is 1.69. The van der Waals surface area contributed by atoms with Crippen molar-refractivity contribution in [2.45, 2.75) is 38.3 Å². The monoisotopic (exact) mass is 401 g/mol. The molecule has 0 aliphatic carbocycles. The number of benzene rings is 2. The van der Waals surface area contributed by atoms with Gasteiger partial charge in [0.2, 0.25) is 10.0 Å². The molecule has 6 nitrogen and oxygen atoms in total. The maximum atomic E-state index is 13.3. The van der Waals surface area contributed by atoms with Crippen LogP contribution in [0.15, 0.2) is 59.5 Å². The van der Waals surface area contributed by atoms with Gasteiger partial charge < -0.3 is 10.2 Å². The summed E-state index contributed by atoms with van der Waals surface area (Å²) in [4.78, 5) is 14.8. The Labute approximate surface area is 167 Å². The summed E-state index contributed by atoms with van der Waals surface area (Å²) in [7, 11) is -3.70. The second kappa shape index (κ2) is 8.32. The quantitative estimate of drug-likeness (QED) is 0.845. The molecular weight excluding hydrogens is 374 g/mol. The van der Waals surface area contributed by atoms with Crippen molar-refractivity contribution in [3.05, 3.63) is 60.2 Å². The summed E-state index contributed by atoms with van der Waals surface area (Å²) >= 11 is 0. The van der Waals surface area contributed by atoms with E-state index in [0.29, 0.717) is 25.2 Å². The first kappa shape index (κ1) is 20.4. The zero-order chi connectivity index (χ0) is 20.3. The Morgan fingerprint density at radius 3 is 2.29 bits per heavy atom. The van der Waals surface area contributed by atoms with Crippen LogP contribution in [0.5, 0.6) is 0 Å². The molecule has 0 saturated carbocycles. The van der Waals surface area contributed by atoms with E-state index in [0.717, 1.165) is 5.56 Å². The van der Waals surface area contributed by atoms with Crippen LogP contribution >= 0.6 is 0 Å². The van der Waals surface area contributed by atoms with Crippen molar-refractivity contribution in [2.24, 2.45) is 5.92 Å². The lowest BCUT2D eigenvalue weighted by atomic mass is 10.1. The molecular formula is C21H27N3O3S. The van der Waals surface area contributed by atoms with E-state index in [9.17, 15) is 13.2 Å². The molecule has 1 aliphatic heterocycles. The van der Waals surface area contributed by atoms with Crippen molar-refractivity contribution in [1.82, 2.24) is 9.21 Å². The third-order valence-electron chi connectivity index (χ3n) is 4.90. The summed E-state index contributed by atoms with van der Waals surface area (Å²) in [5.74, 6) is -0.0537. The average molecular weight is 402 g/mol. The zero-order valence-corrected chi connectivity index (χ0v) is 17.3. The highest BCUT2D eigenvalue weighted by atomic mass is 32.2. The van der Waals surface area contributed by atoms with Crippen LogP contribution in [0.1, 0.15) is 25.8 Å². The first-order valence-corrected chi connectivity index (χ1v) is 11.0. The molecule has 0 bridgehead atoms. The first-order valence-electron chi connectivity index (χ1n) is 9.52. The van der Waals surface area contributed by atoms with Crippen molar-refractivity contribution in [2.75, 3.05) is 18.4 Å². The average Bonchev–Trinajstić information content (AvgIpc) is 2.68. The molecule has 1 atom stereocenters. The molecule has 0 spiro atoms. The lowest BCUT2D eigenvalue weighted by Gasteiger charge is -2.44. The highest BCUT2D eigenvalue weighted by molar-refractivity contribution is 7.89. The van der Waals surface area contributed by atoms with Crippen LogP contribution in [-0.2, 0) is 10.0 Å². The molecule has 2 amide bonds. The van der Waals surface area contributed by atoms with Gasteiger partial charge in [0.15, 0.2) is 0 Å². The number of amides is 2. The van der Waals surface area contributed by atoms with Crippen molar-refractivity contribution in [1.29, 1.82) is 0 Å². The molecule has 150 valence electrons. The number of carbonyl (C=O) groups is 1. The Bertz CT molecular complexity index is 912. The fourth-order valence-corrected chi connectivity index (χ4v) is 5.32. The molecule has 1 N–H and O–H groups in total. The van der Waals surface area contributed by atoms with E-state index < -0.39 is 16.2 Å². The molecule has 2 aromatic rings. The van der Waals surface area contributed by atoms with Gasteiger partial charge in [0, 0.05) is 18.8 Å². The highest BCUT2D eigenvalue weighted by Gasteiger charge is 2.41. The van der Waals surface area contributed by atoms with Gasteiger partial charge in [-0.2, -0.15) is 4.31 Å². The molecule has 1 saturated heterocycles. The summed E-state index contributed by atoms with van der Waals surface area (Å²) in [6.45, 7) is 6.71. The van der Waals surface area contributed by atoms with Crippen molar-refractivity contribution < 1.29 is 13.2 Å². The SMILES string of the molecule is Cc1ccc(S(=O)(=O)N2CCCN(C(=O)Nc3ccccc3)[C@H]2C(C)C)cc1. The number of nitrogens with zero attached hydrogens (tertiary/aromatic N) is 2. The number of carbonyl (C=O) groups excluding carboxylic acids is 1. The van der Waals surface area contributed by atoms with Gasteiger partial charge in [-0.3, -0.25) is 0 Å². The Morgan fingerprint density at radius 2 is 1.68 bits per heavy atom. The first-order chi connectivity index (χ1) is 13.3. The van der Waals surface area contributed by atoms with E-state index in [-0.39, 0.29) is 16.8 Å². The normalized spacial score (nSPS) is 18.3. The van der Waals surface area contributed by atoms with Crippen molar-refractivity contribution >= 4 is 21.7 Å². The molecule has 7 heteroatoms. The van der Waals surface area contributed by atoms with E-state index in [1.807, 2.05) is 51.1 Å². The maximum absolute atomic E-state index is 13.3. The fourth-order valence-electron chi connectivity index (χ4n) is 3.56. The van der Waals surface area contributed by atoms with Crippen molar-refractivity contribution in [3.8, 4) is 0 Å². The van der Waals surface area contributed by atoms with E-state index in [1.54, 1.807) is 29.2 Å². The lowest BCUT2D eigenvalue weighted by molar-refractivity contribution is 0.0610. The molecule has 2 aromatic carbocycles. The largest absolute Gasteiger partial charge is 0.323 e. The summed E-state index contributed by atoms with van der Waals surface area (Å²) in [6, 6.07) is 15.8. The van der Waals surface area contributed by atoms with Gasteiger partial charge >= 0.3 is 6.03 Å². The van der Waals surface area contributed by atoms with Crippen LogP contribution in [0.3, 0.4) is 0 Å². The molecule has 0 unspecified atom stereocenters. The van der Waals surface area contributed by atoms with E-state index in [2.05, 4.69) is 5.32 Å². The second-order valence-corrected chi connectivity index (χ2v) is 9.32. The topological polar surface area (TPSA) is 69.7 Å². The third kappa shape index (κ3) is 4.20. The van der Waals surface area contributed by atoms with Gasteiger partial charge in [-0.05, 0) is 43.5 Å². The molecule has 28 heavy (non-hydrogen) atoms. The van der Waals surface area contributed by atoms with E-state index in [1.165, 1.54) is 4.31 Å². The lowest BCUT2D eigenvalue weighted by Crippen LogP contribution is -2.60. The van der Waals surface area contributed by atoms with Crippen LogP contribution in [-0.4, -0.2) is 42.9 Å². The summed E-state index contributed by atoms with van der Waals surface area (Å²) in [6.07, 6.45) is 0.0556. The van der Waals surface area contributed by atoms with Gasteiger partial charge in [0.25, 0.3) is 0 Å². The number of rotatable bonds is 4. The second-order valence-electron chi connectivity index (χ2n) is 7.43. The molecule has 1 fully saturated rings. The van der Waals surface area contributed by atoms with Crippen LogP contribution in [0.25, 0.3) is 0 Å². The van der Waals surface area contributed by atoms with Gasteiger partial charge in [0.1, 0.15) is 6.17 Å². The number of urea groups is 1. The Morgan fingerprint density at radius 1 is 1.04 bits per heavy atom. The highest BCUT2D eigenvalue weighted by Crippen LogP contribution is 2.28. The number of hydrogen-bond donors (Lipinski definition) is 1. The van der Waals surface area contributed by atoms with E-state index in [4.69, 9.17) is 0 Å². The predicted molar refractivity (Wildman–Crippen MR) is 110 cm³/mol. The van der Waals surface area contributed by atoms with E-state index >= 15 is 0 Å². The van der Waals surface area contributed by atoms with Crippen LogP contribution in [0.2, 0.25) is 0 Å². The third-order valence-corrected chi connectivity index (χ3v) is 6.79. The number of aryl methyl sites for hydroxylation is 1. The molecule has 0 aromatic heterocycles. The Balaban J connectivity index is 1.89. The Hall–Kier alpha value is -2.38. The maximum Gasteiger partial charge on any atom is 0.323 e. The van der Waals surface area contributed by atoms with Gasteiger partial charge in [-0.25, -0.2) is 13.2 Å². The minimum atomic E-state index is -3.70. The molecule has 1 heterocycles. The molecule has 1 aliphatic rings. The van der Waals surface area contributed by atoms with Crippen LogP contribution in [0, 0.1) is 12.8 Å². The fraction of sp³-hybridized carbons (Fsp3) is 0.381. The zero-order valence-electron chi connectivity index (χ0n) is 16.5. The van der Waals surface area contributed by atoms with Gasteiger partial charge in [-0.1, -0.05) is 49.7 Å². The number of para-hydroxylation sites is 1. The predicted octanol–water partition coefficient (Wildman–Crippen LogP) is 3.91. The number of sulfonamides is 1.